The second-order valence-electron chi connectivity index (χ2n) is 4.82. The molecule has 98 valence electrons. The van der Waals surface area contributed by atoms with Crippen LogP contribution < -0.4 is 5.32 Å². The minimum Gasteiger partial charge on any atom is -0.508 e. The fourth-order valence-corrected chi connectivity index (χ4v) is 2.73. The van der Waals surface area contributed by atoms with Crippen molar-refractivity contribution in [3.05, 3.63) is 29.8 Å². The van der Waals surface area contributed by atoms with Gasteiger partial charge in [-0.1, -0.05) is 18.9 Å². The molecule has 0 spiro atoms. The lowest BCUT2D eigenvalue weighted by Crippen LogP contribution is -2.34. The summed E-state index contributed by atoms with van der Waals surface area (Å²) in [5, 5.41) is 12.4. The maximum absolute atomic E-state index is 11.9. The fraction of sp³-hybridized carbons (Fsp3) is 0.500. The SMILES string of the molecule is O=C(NCC1CCCCC1Cl)c1cccc(O)c1. The molecular weight excluding hydrogens is 250 g/mol. The molecule has 0 aliphatic heterocycles. The first kappa shape index (κ1) is 13.2. The smallest absolute Gasteiger partial charge is 0.251 e. The number of phenolic OH excluding ortho intramolecular Hbond substituents is 1. The molecule has 1 saturated carbocycles. The predicted molar refractivity (Wildman–Crippen MR) is 72.0 cm³/mol. The summed E-state index contributed by atoms with van der Waals surface area (Å²) >= 11 is 6.25. The van der Waals surface area contributed by atoms with Gasteiger partial charge in [-0.15, -0.1) is 11.6 Å². The highest BCUT2D eigenvalue weighted by Gasteiger charge is 2.23. The van der Waals surface area contributed by atoms with Gasteiger partial charge in [0, 0.05) is 17.5 Å². The molecule has 0 radical (unpaired) electrons. The van der Waals surface area contributed by atoms with Crippen LogP contribution in [-0.2, 0) is 0 Å². The Balaban J connectivity index is 1.88. The van der Waals surface area contributed by atoms with Gasteiger partial charge in [-0.3, -0.25) is 4.79 Å². The number of nitrogens with one attached hydrogen (secondary N) is 1. The Morgan fingerprint density at radius 2 is 2.17 bits per heavy atom. The van der Waals surface area contributed by atoms with Gasteiger partial charge in [-0.2, -0.15) is 0 Å². The fourth-order valence-electron chi connectivity index (χ4n) is 2.37. The van der Waals surface area contributed by atoms with E-state index in [-0.39, 0.29) is 17.0 Å². The monoisotopic (exact) mass is 267 g/mol. The number of benzene rings is 1. The van der Waals surface area contributed by atoms with Crippen molar-refractivity contribution in [2.24, 2.45) is 5.92 Å². The molecule has 0 heterocycles. The lowest BCUT2D eigenvalue weighted by Gasteiger charge is -2.27. The van der Waals surface area contributed by atoms with Crippen LogP contribution in [0.5, 0.6) is 5.75 Å². The van der Waals surface area contributed by atoms with E-state index in [1.165, 1.54) is 18.9 Å². The van der Waals surface area contributed by atoms with E-state index < -0.39 is 0 Å². The second kappa shape index (κ2) is 6.10. The van der Waals surface area contributed by atoms with Crippen LogP contribution in [0.25, 0.3) is 0 Å². The molecule has 4 heteroatoms. The summed E-state index contributed by atoms with van der Waals surface area (Å²) in [6.07, 6.45) is 4.49. The van der Waals surface area contributed by atoms with Crippen LogP contribution in [0.1, 0.15) is 36.0 Å². The molecule has 1 aromatic carbocycles. The van der Waals surface area contributed by atoms with Crippen LogP contribution in [-0.4, -0.2) is 22.9 Å². The van der Waals surface area contributed by atoms with Gasteiger partial charge >= 0.3 is 0 Å². The van der Waals surface area contributed by atoms with Gasteiger partial charge in [0.05, 0.1) is 0 Å². The Labute approximate surface area is 112 Å². The number of hydrogen-bond donors (Lipinski definition) is 2. The third kappa shape index (κ3) is 3.39. The van der Waals surface area contributed by atoms with Gasteiger partial charge in [0.1, 0.15) is 5.75 Å². The van der Waals surface area contributed by atoms with Crippen LogP contribution in [0.2, 0.25) is 0 Å². The number of hydrogen-bond acceptors (Lipinski definition) is 2. The quantitative estimate of drug-likeness (QED) is 0.828. The van der Waals surface area contributed by atoms with Gasteiger partial charge < -0.3 is 10.4 Å². The van der Waals surface area contributed by atoms with Crippen molar-refractivity contribution in [2.45, 2.75) is 31.1 Å². The molecule has 1 aromatic rings. The maximum atomic E-state index is 11.9. The largest absolute Gasteiger partial charge is 0.508 e. The predicted octanol–water partition coefficient (Wildman–Crippen LogP) is 2.92. The van der Waals surface area contributed by atoms with E-state index in [0.29, 0.717) is 18.0 Å². The molecule has 0 bridgehead atoms. The summed E-state index contributed by atoms with van der Waals surface area (Å²) in [5.74, 6) is 0.317. The first-order valence-electron chi connectivity index (χ1n) is 6.38. The third-order valence-corrected chi connectivity index (χ3v) is 4.02. The van der Waals surface area contributed by atoms with Crippen molar-refractivity contribution < 1.29 is 9.90 Å². The van der Waals surface area contributed by atoms with E-state index in [4.69, 9.17) is 11.6 Å². The zero-order valence-electron chi connectivity index (χ0n) is 10.2. The highest BCUT2D eigenvalue weighted by atomic mass is 35.5. The molecule has 2 unspecified atom stereocenters. The van der Waals surface area contributed by atoms with E-state index in [1.807, 2.05) is 0 Å². The molecule has 0 aromatic heterocycles. The molecule has 0 saturated heterocycles. The summed E-state index contributed by atoms with van der Waals surface area (Å²) in [6, 6.07) is 6.37. The second-order valence-corrected chi connectivity index (χ2v) is 5.38. The Morgan fingerprint density at radius 3 is 2.89 bits per heavy atom. The minimum atomic E-state index is -0.152. The van der Waals surface area contributed by atoms with E-state index in [9.17, 15) is 9.90 Å². The minimum absolute atomic E-state index is 0.107. The van der Waals surface area contributed by atoms with E-state index in [2.05, 4.69) is 5.32 Å². The number of halogens is 1. The number of carbonyl (C=O) groups is 1. The Morgan fingerprint density at radius 1 is 1.39 bits per heavy atom. The van der Waals surface area contributed by atoms with Crippen molar-refractivity contribution in [3.63, 3.8) is 0 Å². The number of alkyl halides is 1. The van der Waals surface area contributed by atoms with Crippen LogP contribution in [0.4, 0.5) is 0 Å². The zero-order valence-corrected chi connectivity index (χ0v) is 11.0. The number of carbonyl (C=O) groups excluding carboxylic acids is 1. The molecule has 18 heavy (non-hydrogen) atoms. The molecule has 3 nitrogen and oxygen atoms in total. The van der Waals surface area contributed by atoms with Gasteiger partial charge in [-0.05, 0) is 37.0 Å². The van der Waals surface area contributed by atoms with Crippen molar-refractivity contribution in [1.82, 2.24) is 5.32 Å². The number of rotatable bonds is 3. The van der Waals surface area contributed by atoms with Crippen molar-refractivity contribution in [1.29, 1.82) is 0 Å². The van der Waals surface area contributed by atoms with Crippen molar-refractivity contribution in [3.8, 4) is 5.75 Å². The molecule has 1 aliphatic carbocycles. The van der Waals surface area contributed by atoms with Crippen LogP contribution >= 0.6 is 11.6 Å². The Hall–Kier alpha value is -1.22. The van der Waals surface area contributed by atoms with Gasteiger partial charge in [0.15, 0.2) is 0 Å². The van der Waals surface area contributed by atoms with Crippen molar-refractivity contribution >= 4 is 17.5 Å². The number of phenols is 1. The number of aromatic hydroxyl groups is 1. The first-order valence-corrected chi connectivity index (χ1v) is 6.82. The van der Waals surface area contributed by atoms with Crippen LogP contribution in [0.15, 0.2) is 24.3 Å². The van der Waals surface area contributed by atoms with E-state index in [1.54, 1.807) is 18.2 Å². The molecule has 2 N–H and O–H groups in total. The molecule has 2 atom stereocenters. The summed E-state index contributed by atoms with van der Waals surface area (Å²) in [5.41, 5.74) is 0.483. The highest BCUT2D eigenvalue weighted by molar-refractivity contribution is 6.20. The van der Waals surface area contributed by atoms with Gasteiger partial charge in [0.25, 0.3) is 5.91 Å². The molecule has 1 fully saturated rings. The van der Waals surface area contributed by atoms with Gasteiger partial charge in [-0.25, -0.2) is 0 Å². The molecule has 2 rings (SSSR count). The Bertz CT molecular complexity index is 422. The summed E-state index contributed by atoms with van der Waals surface area (Å²) in [6.45, 7) is 0.614. The zero-order chi connectivity index (χ0) is 13.0. The number of amides is 1. The molecule has 1 amide bonds. The Kier molecular flexibility index (Phi) is 4.48. The summed E-state index contributed by atoms with van der Waals surface area (Å²) in [4.78, 5) is 11.9. The van der Waals surface area contributed by atoms with Crippen molar-refractivity contribution in [2.75, 3.05) is 6.54 Å². The lowest BCUT2D eigenvalue weighted by molar-refractivity contribution is 0.0943. The average molecular weight is 268 g/mol. The standard InChI is InChI=1S/C14H18ClNO2/c15-13-7-2-1-4-11(13)9-16-14(18)10-5-3-6-12(17)8-10/h3,5-6,8,11,13,17H,1-2,4,7,9H2,(H,16,18). The third-order valence-electron chi connectivity index (χ3n) is 3.45. The highest BCUT2D eigenvalue weighted by Crippen LogP contribution is 2.28. The summed E-state index contributed by atoms with van der Waals surface area (Å²) in [7, 11) is 0. The average Bonchev–Trinajstić information content (AvgIpc) is 2.37. The normalized spacial score (nSPS) is 23.6. The maximum Gasteiger partial charge on any atom is 0.251 e. The lowest BCUT2D eigenvalue weighted by atomic mass is 9.88. The van der Waals surface area contributed by atoms with E-state index in [0.717, 1.165) is 12.8 Å². The van der Waals surface area contributed by atoms with Crippen LogP contribution in [0.3, 0.4) is 0 Å². The van der Waals surface area contributed by atoms with Gasteiger partial charge in [0.2, 0.25) is 0 Å². The molecular formula is C14H18ClNO2. The van der Waals surface area contributed by atoms with E-state index >= 15 is 0 Å². The summed E-state index contributed by atoms with van der Waals surface area (Å²) < 4.78 is 0. The molecule has 1 aliphatic rings. The first-order chi connectivity index (χ1) is 8.66. The topological polar surface area (TPSA) is 49.3 Å². The van der Waals surface area contributed by atoms with Crippen LogP contribution in [0, 0.1) is 5.92 Å².